The van der Waals surface area contributed by atoms with Crippen molar-refractivity contribution in [2.75, 3.05) is 25.0 Å². The molecule has 4 nitrogen and oxygen atoms in total. The summed E-state index contributed by atoms with van der Waals surface area (Å²) in [6.07, 6.45) is 2.30. The Hall–Kier alpha value is -1.55. The van der Waals surface area contributed by atoms with Crippen molar-refractivity contribution in [2.24, 2.45) is 0 Å². The number of fused-ring (bicyclic) bond motifs is 1. The van der Waals surface area contributed by atoms with E-state index in [1.165, 1.54) is 23.2 Å². The van der Waals surface area contributed by atoms with E-state index in [9.17, 15) is 4.79 Å². The van der Waals surface area contributed by atoms with Gasteiger partial charge >= 0.3 is 5.97 Å². The van der Waals surface area contributed by atoms with Gasteiger partial charge in [0.15, 0.2) is 0 Å². The van der Waals surface area contributed by atoms with Crippen molar-refractivity contribution in [3.8, 4) is 0 Å². The van der Waals surface area contributed by atoms with Crippen LogP contribution in [0, 0.1) is 0 Å². The standard InChI is InChI=1S/C17H26N2O2/c1-17(2,3)19(12-16(20)21)11-13-7-8-15-14(10-13)6-5-9-18(15)4/h7-8,10H,5-6,9,11-12H2,1-4H3,(H,20,21). The molecule has 0 aliphatic carbocycles. The van der Waals surface area contributed by atoms with Gasteiger partial charge in [-0.1, -0.05) is 12.1 Å². The highest BCUT2D eigenvalue weighted by Crippen LogP contribution is 2.28. The van der Waals surface area contributed by atoms with Crippen molar-refractivity contribution in [3.05, 3.63) is 29.3 Å². The maximum atomic E-state index is 11.1. The van der Waals surface area contributed by atoms with Crippen LogP contribution in [-0.4, -0.2) is 41.7 Å². The minimum atomic E-state index is -0.775. The lowest BCUT2D eigenvalue weighted by Crippen LogP contribution is -2.43. The van der Waals surface area contributed by atoms with Crippen LogP contribution in [0.25, 0.3) is 0 Å². The zero-order valence-corrected chi connectivity index (χ0v) is 13.5. The summed E-state index contributed by atoms with van der Waals surface area (Å²) in [5.41, 5.74) is 3.72. The Kier molecular flexibility index (Phi) is 4.57. The van der Waals surface area contributed by atoms with Crippen LogP contribution in [0.2, 0.25) is 0 Å². The second-order valence-corrected chi connectivity index (χ2v) is 6.91. The molecule has 1 N–H and O–H groups in total. The predicted molar refractivity (Wildman–Crippen MR) is 85.8 cm³/mol. The number of carbonyl (C=O) groups is 1. The van der Waals surface area contributed by atoms with Crippen molar-refractivity contribution >= 4 is 11.7 Å². The maximum absolute atomic E-state index is 11.1. The first-order valence-electron chi connectivity index (χ1n) is 7.57. The number of rotatable bonds is 4. The molecule has 1 aliphatic rings. The van der Waals surface area contributed by atoms with Gasteiger partial charge in [-0.3, -0.25) is 9.69 Å². The average Bonchev–Trinajstić information content (AvgIpc) is 2.36. The Morgan fingerprint density at radius 2 is 2.10 bits per heavy atom. The Bertz CT molecular complexity index is 520. The van der Waals surface area contributed by atoms with Gasteiger partial charge in [-0.05, 0) is 50.8 Å². The van der Waals surface area contributed by atoms with Gasteiger partial charge in [-0.2, -0.15) is 0 Å². The number of hydrogen-bond acceptors (Lipinski definition) is 3. The van der Waals surface area contributed by atoms with E-state index in [2.05, 4.69) is 50.9 Å². The van der Waals surface area contributed by atoms with Crippen molar-refractivity contribution in [3.63, 3.8) is 0 Å². The molecule has 1 aromatic rings. The topological polar surface area (TPSA) is 43.8 Å². The lowest BCUT2D eigenvalue weighted by Gasteiger charge is -2.35. The number of anilines is 1. The molecule has 0 bridgehead atoms. The number of benzene rings is 1. The number of aryl methyl sites for hydroxylation is 1. The quantitative estimate of drug-likeness (QED) is 0.926. The summed E-state index contributed by atoms with van der Waals surface area (Å²) in [7, 11) is 2.13. The molecular formula is C17H26N2O2. The Morgan fingerprint density at radius 1 is 1.38 bits per heavy atom. The van der Waals surface area contributed by atoms with E-state index in [0.717, 1.165) is 13.0 Å². The molecule has 0 spiro atoms. The Labute approximate surface area is 127 Å². The Morgan fingerprint density at radius 3 is 2.71 bits per heavy atom. The fraction of sp³-hybridized carbons (Fsp3) is 0.588. The van der Waals surface area contributed by atoms with E-state index in [1.54, 1.807) is 0 Å². The summed E-state index contributed by atoms with van der Waals surface area (Å²) in [4.78, 5) is 15.4. The first-order valence-corrected chi connectivity index (χ1v) is 7.57. The van der Waals surface area contributed by atoms with Crippen molar-refractivity contribution in [1.29, 1.82) is 0 Å². The van der Waals surface area contributed by atoms with E-state index in [1.807, 2.05) is 4.90 Å². The summed E-state index contributed by atoms with van der Waals surface area (Å²) in [6.45, 7) is 8.03. The van der Waals surface area contributed by atoms with Crippen LogP contribution in [0.3, 0.4) is 0 Å². The molecule has 0 fully saturated rings. The molecule has 1 heterocycles. The number of hydrogen-bond donors (Lipinski definition) is 1. The third-order valence-corrected chi connectivity index (χ3v) is 4.14. The minimum Gasteiger partial charge on any atom is -0.480 e. The van der Waals surface area contributed by atoms with E-state index in [0.29, 0.717) is 6.54 Å². The molecule has 0 amide bonds. The molecule has 0 saturated heterocycles. The SMILES string of the molecule is CN1CCCc2cc(CN(CC(=O)O)C(C)(C)C)ccc21. The van der Waals surface area contributed by atoms with E-state index < -0.39 is 5.97 Å². The van der Waals surface area contributed by atoms with Crippen molar-refractivity contribution in [1.82, 2.24) is 4.90 Å². The van der Waals surface area contributed by atoms with Crippen LogP contribution in [0.1, 0.15) is 38.3 Å². The molecule has 1 aromatic carbocycles. The van der Waals surface area contributed by atoms with E-state index in [4.69, 9.17) is 5.11 Å². The second kappa shape index (κ2) is 6.06. The lowest BCUT2D eigenvalue weighted by molar-refractivity contribution is -0.139. The first-order chi connectivity index (χ1) is 9.77. The normalized spacial score (nSPS) is 15.2. The van der Waals surface area contributed by atoms with Crippen LogP contribution in [0.15, 0.2) is 18.2 Å². The highest BCUT2D eigenvalue weighted by molar-refractivity contribution is 5.69. The maximum Gasteiger partial charge on any atom is 0.317 e. The molecule has 21 heavy (non-hydrogen) atoms. The number of carboxylic acids is 1. The second-order valence-electron chi connectivity index (χ2n) is 6.91. The fourth-order valence-electron chi connectivity index (χ4n) is 2.85. The summed E-state index contributed by atoms with van der Waals surface area (Å²) < 4.78 is 0. The smallest absolute Gasteiger partial charge is 0.317 e. The van der Waals surface area contributed by atoms with E-state index >= 15 is 0 Å². The number of carboxylic acid groups (broad SMARTS) is 1. The minimum absolute atomic E-state index is 0.0699. The molecule has 0 saturated carbocycles. The Balaban J connectivity index is 2.19. The van der Waals surface area contributed by atoms with Gasteiger partial charge in [-0.15, -0.1) is 0 Å². The van der Waals surface area contributed by atoms with Gasteiger partial charge in [0.25, 0.3) is 0 Å². The molecule has 0 radical (unpaired) electrons. The zero-order chi connectivity index (χ0) is 15.6. The van der Waals surface area contributed by atoms with Gasteiger partial charge in [0.1, 0.15) is 0 Å². The molecule has 0 unspecified atom stereocenters. The number of aliphatic carboxylic acids is 1. The average molecular weight is 290 g/mol. The molecule has 1 aliphatic heterocycles. The molecule has 4 heteroatoms. The van der Waals surface area contributed by atoms with Gasteiger partial charge in [0.2, 0.25) is 0 Å². The van der Waals surface area contributed by atoms with Crippen LogP contribution >= 0.6 is 0 Å². The zero-order valence-electron chi connectivity index (χ0n) is 13.5. The monoisotopic (exact) mass is 290 g/mol. The van der Waals surface area contributed by atoms with Crippen molar-refractivity contribution in [2.45, 2.75) is 45.7 Å². The van der Waals surface area contributed by atoms with Gasteiger partial charge in [-0.25, -0.2) is 0 Å². The lowest BCUT2D eigenvalue weighted by atomic mass is 9.98. The van der Waals surface area contributed by atoms with Crippen LogP contribution in [-0.2, 0) is 17.8 Å². The summed E-state index contributed by atoms with van der Waals surface area (Å²) in [6, 6.07) is 6.54. The van der Waals surface area contributed by atoms with Gasteiger partial charge in [0.05, 0.1) is 6.54 Å². The molecule has 0 atom stereocenters. The number of nitrogens with zero attached hydrogens (tertiary/aromatic N) is 2. The molecular weight excluding hydrogens is 264 g/mol. The highest BCUT2D eigenvalue weighted by Gasteiger charge is 2.24. The molecule has 2 rings (SSSR count). The van der Waals surface area contributed by atoms with Crippen LogP contribution in [0.5, 0.6) is 0 Å². The highest BCUT2D eigenvalue weighted by atomic mass is 16.4. The van der Waals surface area contributed by atoms with Gasteiger partial charge in [0, 0.05) is 31.4 Å². The fourth-order valence-corrected chi connectivity index (χ4v) is 2.85. The molecule has 0 aromatic heterocycles. The summed E-state index contributed by atoms with van der Waals surface area (Å²) in [5, 5.41) is 9.10. The predicted octanol–water partition coefficient (Wildman–Crippen LogP) is 2.75. The third-order valence-electron chi connectivity index (χ3n) is 4.14. The summed E-state index contributed by atoms with van der Waals surface area (Å²) >= 11 is 0. The largest absolute Gasteiger partial charge is 0.480 e. The van der Waals surface area contributed by atoms with Gasteiger partial charge < -0.3 is 10.0 Å². The summed E-state index contributed by atoms with van der Waals surface area (Å²) in [5.74, 6) is -0.775. The third kappa shape index (κ3) is 3.97. The van der Waals surface area contributed by atoms with E-state index in [-0.39, 0.29) is 12.1 Å². The molecule has 116 valence electrons. The van der Waals surface area contributed by atoms with Crippen molar-refractivity contribution < 1.29 is 9.90 Å². The van der Waals surface area contributed by atoms with Crippen LogP contribution in [0.4, 0.5) is 5.69 Å². The van der Waals surface area contributed by atoms with Crippen LogP contribution < -0.4 is 4.90 Å². The first kappa shape index (κ1) is 15.8.